The molecule has 2 aromatic carbocycles. The zero-order valence-electron chi connectivity index (χ0n) is 13.2. The van der Waals surface area contributed by atoms with Gasteiger partial charge in [0.1, 0.15) is 0 Å². The largest absolute Gasteiger partial charge is 0.511 e. The molecule has 0 saturated heterocycles. The van der Waals surface area contributed by atoms with E-state index in [9.17, 15) is 14.8 Å². The molecule has 2 aromatic rings. The maximum atomic E-state index is 12.8. The minimum Gasteiger partial charge on any atom is -0.435 e. The number of hydrogen-bond donors (Lipinski definition) is 1. The molecule has 3 rings (SSSR count). The van der Waals surface area contributed by atoms with Crippen LogP contribution < -0.4 is 0 Å². The van der Waals surface area contributed by atoms with Gasteiger partial charge in [0.05, 0.1) is 6.61 Å². The molecular weight excluding hydrogens is 312 g/mol. The molecule has 124 valence electrons. The Morgan fingerprint density at radius 1 is 1.12 bits per heavy atom. The molecular formula is C18H16O6. The number of benzene rings is 2. The Hall–Kier alpha value is -2.70. The molecule has 0 aromatic heterocycles. The van der Waals surface area contributed by atoms with Gasteiger partial charge in [0, 0.05) is 22.3 Å². The Morgan fingerprint density at radius 3 is 2.54 bits per heavy atom. The molecule has 1 atom stereocenters. The predicted octanol–water partition coefficient (Wildman–Crippen LogP) is 3.40. The zero-order valence-corrected chi connectivity index (χ0v) is 13.2. The van der Waals surface area contributed by atoms with E-state index in [0.717, 1.165) is 5.56 Å². The summed E-state index contributed by atoms with van der Waals surface area (Å²) in [6, 6.07) is 11.5. The molecule has 0 bridgehead atoms. The minimum absolute atomic E-state index is 0.0989. The van der Waals surface area contributed by atoms with E-state index in [4.69, 9.17) is 9.47 Å². The van der Waals surface area contributed by atoms with E-state index in [-0.39, 0.29) is 29.1 Å². The van der Waals surface area contributed by atoms with Crippen molar-refractivity contribution in [3.63, 3.8) is 0 Å². The fraction of sp³-hybridized carbons (Fsp3) is 0.222. The monoisotopic (exact) mass is 328 g/mol. The third-order valence-electron chi connectivity index (χ3n) is 3.92. The fourth-order valence-electron chi connectivity index (χ4n) is 2.88. The summed E-state index contributed by atoms with van der Waals surface area (Å²) >= 11 is 0. The molecule has 6 heteroatoms. The van der Waals surface area contributed by atoms with Gasteiger partial charge in [-0.3, -0.25) is 4.79 Å². The van der Waals surface area contributed by atoms with Crippen LogP contribution in [0.15, 0.2) is 42.5 Å². The van der Waals surface area contributed by atoms with Gasteiger partial charge in [-0.15, -0.1) is 0 Å². The normalized spacial score (nSPS) is 18.5. The third-order valence-corrected chi connectivity index (χ3v) is 3.92. The van der Waals surface area contributed by atoms with Gasteiger partial charge in [-0.1, -0.05) is 42.0 Å². The first kappa shape index (κ1) is 16.2. The lowest BCUT2D eigenvalue weighted by Gasteiger charge is -2.35. The van der Waals surface area contributed by atoms with E-state index >= 15 is 0 Å². The minimum atomic E-state index is -1.96. The van der Waals surface area contributed by atoms with Crippen LogP contribution in [-0.4, -0.2) is 23.8 Å². The molecule has 0 amide bonds. The molecule has 0 heterocycles. The Balaban J connectivity index is 2.26. The van der Waals surface area contributed by atoms with Crippen LogP contribution in [0.5, 0.6) is 0 Å². The van der Waals surface area contributed by atoms with Crippen molar-refractivity contribution < 1.29 is 29.2 Å². The van der Waals surface area contributed by atoms with E-state index in [1.165, 1.54) is 0 Å². The molecule has 1 unspecified atom stereocenters. The van der Waals surface area contributed by atoms with Crippen LogP contribution in [0.1, 0.15) is 39.5 Å². The first-order chi connectivity index (χ1) is 11.5. The number of aryl methyl sites for hydroxylation is 1. The molecule has 0 aliphatic heterocycles. The van der Waals surface area contributed by atoms with Gasteiger partial charge < -0.3 is 9.47 Å². The number of carbonyl (C=O) groups is 2. The second-order valence-electron chi connectivity index (χ2n) is 5.42. The maximum absolute atomic E-state index is 12.8. The van der Waals surface area contributed by atoms with Crippen molar-refractivity contribution in [2.24, 2.45) is 0 Å². The van der Waals surface area contributed by atoms with Crippen molar-refractivity contribution in [1.82, 2.24) is 0 Å². The van der Waals surface area contributed by atoms with Crippen molar-refractivity contribution >= 4 is 11.9 Å². The van der Waals surface area contributed by atoms with Gasteiger partial charge in [-0.25, -0.2) is 10.1 Å². The average molecular weight is 328 g/mol. The highest BCUT2D eigenvalue weighted by atomic mass is 17.2. The van der Waals surface area contributed by atoms with Gasteiger partial charge in [0.15, 0.2) is 5.78 Å². The molecule has 0 saturated carbocycles. The number of ether oxygens (including phenoxy) is 2. The lowest BCUT2D eigenvalue weighted by Crippen LogP contribution is -2.42. The zero-order chi connectivity index (χ0) is 17.3. The van der Waals surface area contributed by atoms with Gasteiger partial charge in [-0.05, 0) is 19.9 Å². The fourth-order valence-corrected chi connectivity index (χ4v) is 2.88. The van der Waals surface area contributed by atoms with Gasteiger partial charge in [0.25, 0.3) is 0 Å². The van der Waals surface area contributed by atoms with Crippen LogP contribution in [0.25, 0.3) is 0 Å². The van der Waals surface area contributed by atoms with Crippen molar-refractivity contribution in [2.45, 2.75) is 19.6 Å². The molecule has 6 nitrogen and oxygen atoms in total. The van der Waals surface area contributed by atoms with E-state index < -0.39 is 11.9 Å². The average Bonchev–Trinajstić information content (AvgIpc) is 2.59. The van der Waals surface area contributed by atoms with Gasteiger partial charge in [0.2, 0.25) is 0 Å². The Labute approximate surface area is 138 Å². The molecule has 24 heavy (non-hydrogen) atoms. The predicted molar refractivity (Wildman–Crippen MR) is 83.7 cm³/mol. The van der Waals surface area contributed by atoms with Crippen LogP contribution >= 0.6 is 0 Å². The lowest BCUT2D eigenvalue weighted by atomic mass is 9.80. The van der Waals surface area contributed by atoms with Crippen molar-refractivity contribution in [2.75, 3.05) is 6.61 Å². The summed E-state index contributed by atoms with van der Waals surface area (Å²) in [4.78, 5) is 29.4. The summed E-state index contributed by atoms with van der Waals surface area (Å²) in [7, 11) is 0. The number of carbonyl (C=O) groups excluding carboxylic acids is 2. The number of rotatable bonds is 3. The first-order valence-corrected chi connectivity index (χ1v) is 7.47. The van der Waals surface area contributed by atoms with Gasteiger partial charge in [-0.2, -0.15) is 4.89 Å². The van der Waals surface area contributed by atoms with Gasteiger partial charge >= 0.3 is 11.9 Å². The van der Waals surface area contributed by atoms with E-state index in [2.05, 4.69) is 4.89 Å². The maximum Gasteiger partial charge on any atom is 0.511 e. The highest BCUT2D eigenvalue weighted by Gasteiger charge is 2.49. The van der Waals surface area contributed by atoms with Crippen LogP contribution in [0, 0.1) is 6.92 Å². The summed E-state index contributed by atoms with van der Waals surface area (Å²) < 4.78 is 10.1. The van der Waals surface area contributed by atoms with E-state index in [1.807, 2.05) is 6.92 Å². The molecule has 1 aliphatic carbocycles. The summed E-state index contributed by atoms with van der Waals surface area (Å²) in [6.45, 7) is 3.56. The summed E-state index contributed by atoms with van der Waals surface area (Å²) in [5.41, 5.74) is 1.92. The van der Waals surface area contributed by atoms with Crippen molar-refractivity contribution in [1.29, 1.82) is 0 Å². The Bertz CT molecular complexity index is 813. The van der Waals surface area contributed by atoms with Crippen molar-refractivity contribution in [3.05, 3.63) is 70.3 Å². The van der Waals surface area contributed by atoms with Crippen LogP contribution in [0.2, 0.25) is 0 Å². The first-order valence-electron chi connectivity index (χ1n) is 7.47. The highest BCUT2D eigenvalue weighted by Crippen LogP contribution is 2.43. The molecule has 0 spiro atoms. The Morgan fingerprint density at radius 2 is 1.83 bits per heavy atom. The van der Waals surface area contributed by atoms with Crippen LogP contribution in [0.4, 0.5) is 4.79 Å². The Kier molecular flexibility index (Phi) is 4.09. The van der Waals surface area contributed by atoms with Crippen LogP contribution in [0.3, 0.4) is 0 Å². The number of fused-ring (bicyclic) bond motifs is 2. The second-order valence-corrected chi connectivity index (χ2v) is 5.42. The van der Waals surface area contributed by atoms with E-state index in [1.54, 1.807) is 49.4 Å². The lowest BCUT2D eigenvalue weighted by molar-refractivity contribution is -0.383. The summed E-state index contributed by atoms with van der Waals surface area (Å²) in [5.74, 6) is -2.19. The smallest absolute Gasteiger partial charge is 0.435 e. The molecule has 0 radical (unpaired) electrons. The quantitative estimate of drug-likeness (QED) is 0.402. The SMILES string of the molecule is CCOC(=O)OC1(OO)c2ccccc2C(=O)c2cc(C)ccc21. The van der Waals surface area contributed by atoms with Crippen LogP contribution in [-0.2, 0) is 20.1 Å². The topological polar surface area (TPSA) is 82.1 Å². The number of hydrogen-bond acceptors (Lipinski definition) is 6. The summed E-state index contributed by atoms with van der Waals surface area (Å²) in [5, 5.41) is 9.66. The standard InChI is InChI=1S/C18H16O6/c1-3-22-17(20)23-18(24-21)14-7-5-4-6-12(14)16(19)13-10-11(2)8-9-15(13)18/h4-10,21H,3H2,1-2H3. The third kappa shape index (κ3) is 2.36. The highest BCUT2D eigenvalue weighted by molar-refractivity contribution is 6.13. The number of ketones is 1. The molecule has 0 fully saturated rings. The summed E-state index contributed by atoms with van der Waals surface area (Å²) in [6.07, 6.45) is -1.01. The molecule has 1 N–H and O–H groups in total. The molecule has 1 aliphatic rings. The van der Waals surface area contributed by atoms with E-state index in [0.29, 0.717) is 5.56 Å². The van der Waals surface area contributed by atoms with Crippen molar-refractivity contribution in [3.8, 4) is 0 Å². The second kappa shape index (κ2) is 6.07.